The zero-order valence-electron chi connectivity index (χ0n) is 21.0. The molecule has 1 fully saturated rings. The molecule has 0 amide bonds. The molecule has 0 radical (unpaired) electrons. The Morgan fingerprint density at radius 3 is 2.51 bits per heavy atom. The lowest BCUT2D eigenvalue weighted by atomic mass is 10.0. The molecule has 0 aliphatic carbocycles. The van der Waals surface area contributed by atoms with Gasteiger partial charge in [0.15, 0.2) is 0 Å². The summed E-state index contributed by atoms with van der Waals surface area (Å²) in [5.74, 6) is 6.48. The lowest BCUT2D eigenvalue weighted by molar-refractivity contribution is 0.228. The van der Waals surface area contributed by atoms with Crippen LogP contribution in [0.4, 0.5) is 21.6 Å². The SMILES string of the molecule is N/C(=C\N(N)C1CCNCC1)C(Nc1ccc2ncnc(Nc3ccc(F)c(Cl)c3)c2c1)c1ccc(Cl)cc1. The molecule has 8 nitrogen and oxygen atoms in total. The summed E-state index contributed by atoms with van der Waals surface area (Å²) in [5.41, 5.74) is 10.3. The highest BCUT2D eigenvalue weighted by atomic mass is 35.5. The normalized spacial score (nSPS) is 15.2. The van der Waals surface area contributed by atoms with Crippen molar-refractivity contribution in [1.82, 2.24) is 20.3 Å². The maximum atomic E-state index is 13.6. The molecular formula is C28H29Cl2FN8. The van der Waals surface area contributed by atoms with E-state index in [0.717, 1.165) is 48.1 Å². The number of benzene rings is 3. The van der Waals surface area contributed by atoms with Gasteiger partial charge in [0, 0.05) is 34.0 Å². The van der Waals surface area contributed by atoms with Crippen molar-refractivity contribution in [2.45, 2.75) is 24.9 Å². The van der Waals surface area contributed by atoms with Gasteiger partial charge < -0.3 is 26.7 Å². The van der Waals surface area contributed by atoms with Crippen LogP contribution in [0, 0.1) is 5.82 Å². The molecule has 11 heteroatoms. The molecule has 39 heavy (non-hydrogen) atoms. The minimum atomic E-state index is -0.490. The van der Waals surface area contributed by atoms with Gasteiger partial charge in [-0.05, 0) is 80.0 Å². The molecule has 4 aromatic rings. The standard InChI is InChI=1S/C28H29Cl2FN8/c29-18-3-1-17(2-4-18)27(25(32)15-39(33)21-9-11-34-12-10-21)37-19-6-8-26-22(13-19)28(36-16-35-26)38-20-5-7-24(31)23(30)14-20/h1-8,13-16,21,27,34,37H,9-12,32-33H2,(H,35,36,38)/b25-15-. The molecule has 0 saturated carbocycles. The average molecular weight is 568 g/mol. The van der Waals surface area contributed by atoms with E-state index in [2.05, 4.69) is 25.9 Å². The Balaban J connectivity index is 1.46. The van der Waals surface area contributed by atoms with Crippen LogP contribution in [0.2, 0.25) is 10.0 Å². The second kappa shape index (κ2) is 12.0. The summed E-state index contributed by atoms with van der Waals surface area (Å²) >= 11 is 12.1. The van der Waals surface area contributed by atoms with Gasteiger partial charge in [0.05, 0.1) is 22.3 Å². The maximum absolute atomic E-state index is 13.6. The van der Waals surface area contributed by atoms with Gasteiger partial charge in [-0.2, -0.15) is 0 Å². The number of hydrazine groups is 1. The fourth-order valence-corrected chi connectivity index (χ4v) is 4.90. The Bertz CT molecular complexity index is 1470. The number of rotatable bonds is 8. The summed E-state index contributed by atoms with van der Waals surface area (Å²) in [7, 11) is 0. The number of fused-ring (bicyclic) bond motifs is 1. The summed E-state index contributed by atoms with van der Waals surface area (Å²) in [6.45, 7) is 1.84. The Kier molecular flexibility index (Phi) is 8.33. The molecule has 1 unspecified atom stereocenters. The number of nitrogens with zero attached hydrogens (tertiary/aromatic N) is 3. The fraction of sp³-hybridized carbons (Fsp3) is 0.214. The summed E-state index contributed by atoms with van der Waals surface area (Å²) in [6.07, 6.45) is 5.16. The van der Waals surface area contributed by atoms with Crippen LogP contribution in [0.15, 0.2) is 78.9 Å². The van der Waals surface area contributed by atoms with Crippen LogP contribution in [-0.2, 0) is 0 Å². The van der Waals surface area contributed by atoms with Gasteiger partial charge in [-0.25, -0.2) is 20.2 Å². The summed E-state index contributed by atoms with van der Waals surface area (Å²) in [5, 5.41) is 13.2. The molecule has 1 saturated heterocycles. The number of nitrogens with one attached hydrogen (secondary N) is 3. The van der Waals surface area contributed by atoms with E-state index in [0.29, 0.717) is 22.2 Å². The molecule has 7 N–H and O–H groups in total. The Morgan fingerprint density at radius 2 is 1.77 bits per heavy atom. The highest BCUT2D eigenvalue weighted by Gasteiger charge is 2.20. The van der Waals surface area contributed by atoms with Gasteiger partial charge in [-0.3, -0.25) is 0 Å². The van der Waals surface area contributed by atoms with Crippen molar-refractivity contribution >= 4 is 51.3 Å². The number of hydrogen-bond acceptors (Lipinski definition) is 8. The number of nitrogens with two attached hydrogens (primary N) is 2. The van der Waals surface area contributed by atoms with Gasteiger partial charge in [0.1, 0.15) is 18.0 Å². The van der Waals surface area contributed by atoms with Crippen LogP contribution in [0.25, 0.3) is 10.9 Å². The summed E-state index contributed by atoms with van der Waals surface area (Å²) < 4.78 is 13.6. The van der Waals surface area contributed by atoms with E-state index in [1.165, 1.54) is 18.5 Å². The van der Waals surface area contributed by atoms with Crippen LogP contribution >= 0.6 is 23.2 Å². The zero-order valence-corrected chi connectivity index (χ0v) is 22.6. The van der Waals surface area contributed by atoms with Crippen molar-refractivity contribution in [2.24, 2.45) is 11.6 Å². The van der Waals surface area contributed by atoms with Gasteiger partial charge >= 0.3 is 0 Å². The van der Waals surface area contributed by atoms with Crippen molar-refractivity contribution < 1.29 is 4.39 Å². The van der Waals surface area contributed by atoms with E-state index in [-0.39, 0.29) is 17.1 Å². The lowest BCUT2D eigenvalue weighted by Gasteiger charge is -2.31. The van der Waals surface area contributed by atoms with E-state index in [1.807, 2.05) is 42.5 Å². The molecule has 1 aliphatic rings. The quantitative estimate of drug-likeness (QED) is 0.136. The lowest BCUT2D eigenvalue weighted by Crippen LogP contribution is -2.44. The first-order valence-corrected chi connectivity index (χ1v) is 13.3. The van der Waals surface area contributed by atoms with Crippen molar-refractivity contribution in [3.8, 4) is 0 Å². The first-order chi connectivity index (χ1) is 18.9. The second-order valence-corrected chi connectivity index (χ2v) is 10.2. The third kappa shape index (κ3) is 6.51. The predicted molar refractivity (Wildman–Crippen MR) is 156 cm³/mol. The van der Waals surface area contributed by atoms with E-state index < -0.39 is 5.82 Å². The molecule has 2 heterocycles. The van der Waals surface area contributed by atoms with Gasteiger partial charge in [-0.1, -0.05) is 35.3 Å². The van der Waals surface area contributed by atoms with Crippen molar-refractivity contribution in [2.75, 3.05) is 23.7 Å². The smallest absolute Gasteiger partial charge is 0.141 e. The molecule has 202 valence electrons. The third-order valence-corrected chi connectivity index (χ3v) is 7.24. The molecule has 1 atom stereocenters. The van der Waals surface area contributed by atoms with Crippen molar-refractivity contribution in [3.63, 3.8) is 0 Å². The van der Waals surface area contributed by atoms with Crippen LogP contribution < -0.4 is 27.5 Å². The molecule has 1 aromatic heterocycles. The Labute approximate surface area is 236 Å². The van der Waals surface area contributed by atoms with Crippen LogP contribution in [0.3, 0.4) is 0 Å². The molecule has 0 spiro atoms. The van der Waals surface area contributed by atoms with E-state index in [4.69, 9.17) is 34.8 Å². The first kappa shape index (κ1) is 27.0. The van der Waals surface area contributed by atoms with E-state index >= 15 is 0 Å². The van der Waals surface area contributed by atoms with Gasteiger partial charge in [-0.15, -0.1) is 0 Å². The maximum Gasteiger partial charge on any atom is 0.141 e. The zero-order chi connectivity index (χ0) is 27.4. The Morgan fingerprint density at radius 1 is 1.03 bits per heavy atom. The van der Waals surface area contributed by atoms with Gasteiger partial charge in [0.25, 0.3) is 0 Å². The van der Waals surface area contributed by atoms with Gasteiger partial charge in [0.2, 0.25) is 0 Å². The predicted octanol–water partition coefficient (Wildman–Crippen LogP) is 5.70. The highest BCUT2D eigenvalue weighted by Crippen LogP contribution is 2.31. The monoisotopic (exact) mass is 566 g/mol. The molecule has 1 aliphatic heterocycles. The minimum Gasteiger partial charge on any atom is -0.399 e. The molecule has 0 bridgehead atoms. The topological polar surface area (TPSA) is 117 Å². The van der Waals surface area contributed by atoms with Crippen molar-refractivity contribution in [1.29, 1.82) is 0 Å². The number of piperidine rings is 1. The molecule has 3 aromatic carbocycles. The first-order valence-electron chi connectivity index (χ1n) is 12.6. The highest BCUT2D eigenvalue weighted by molar-refractivity contribution is 6.31. The number of halogens is 3. The number of aromatic nitrogens is 2. The van der Waals surface area contributed by atoms with Crippen LogP contribution in [0.1, 0.15) is 24.4 Å². The van der Waals surface area contributed by atoms with Crippen molar-refractivity contribution in [3.05, 3.63) is 100 Å². The largest absolute Gasteiger partial charge is 0.399 e. The van der Waals surface area contributed by atoms with Crippen LogP contribution in [-0.4, -0.2) is 34.1 Å². The summed E-state index contributed by atoms with van der Waals surface area (Å²) in [4.78, 5) is 8.79. The van der Waals surface area contributed by atoms with E-state index in [1.54, 1.807) is 17.3 Å². The van der Waals surface area contributed by atoms with Crippen LogP contribution in [0.5, 0.6) is 0 Å². The Hall–Kier alpha value is -3.63. The summed E-state index contributed by atoms with van der Waals surface area (Å²) in [6, 6.07) is 17.5. The average Bonchev–Trinajstić information content (AvgIpc) is 2.95. The minimum absolute atomic E-state index is 0.0206. The fourth-order valence-electron chi connectivity index (χ4n) is 4.59. The second-order valence-electron chi connectivity index (χ2n) is 9.39. The third-order valence-electron chi connectivity index (χ3n) is 6.69. The molecule has 5 rings (SSSR count). The molecular weight excluding hydrogens is 538 g/mol. The van der Waals surface area contributed by atoms with E-state index in [9.17, 15) is 4.39 Å². The number of anilines is 3. The number of hydrogen-bond donors (Lipinski definition) is 5.